The number of hydrogen-bond acceptors (Lipinski definition) is 3. The zero-order chi connectivity index (χ0) is 18.1. The van der Waals surface area contributed by atoms with Crippen LogP contribution in [0.3, 0.4) is 0 Å². The molecule has 25 heavy (non-hydrogen) atoms. The number of amides is 2. The Kier molecular flexibility index (Phi) is 4.99. The lowest BCUT2D eigenvalue weighted by Gasteiger charge is -2.35. The van der Waals surface area contributed by atoms with E-state index in [1.54, 1.807) is 0 Å². The molecule has 0 bridgehead atoms. The zero-order valence-electron chi connectivity index (χ0n) is 13.8. The number of alkyl halides is 1. The average Bonchev–Trinajstić information content (AvgIpc) is 3.02. The molecule has 2 aliphatic rings. The van der Waals surface area contributed by atoms with Crippen molar-refractivity contribution < 1.29 is 27.6 Å². The number of hydroxylamine groups is 2. The molecule has 8 heteroatoms. The molecule has 1 aromatic rings. The first kappa shape index (κ1) is 17.7. The molecule has 3 atom stereocenters. The van der Waals surface area contributed by atoms with Crippen LogP contribution in [0.15, 0.2) is 18.2 Å². The molecule has 2 aliphatic heterocycles. The third-order valence-corrected chi connectivity index (χ3v) is 4.70. The number of carbonyl (C=O) groups is 2. The van der Waals surface area contributed by atoms with Crippen molar-refractivity contribution in [3.8, 4) is 0 Å². The average molecular weight is 356 g/mol. The molecule has 2 fully saturated rings. The number of carbonyl (C=O) groups excluding carboxylic acids is 2. The predicted octanol–water partition coefficient (Wildman–Crippen LogP) is 2.38. The van der Waals surface area contributed by atoms with E-state index >= 15 is 0 Å². The molecule has 0 radical (unpaired) electrons. The van der Waals surface area contributed by atoms with Gasteiger partial charge in [-0.25, -0.2) is 18.2 Å². The van der Waals surface area contributed by atoms with Crippen LogP contribution >= 0.6 is 0 Å². The monoisotopic (exact) mass is 356 g/mol. The minimum atomic E-state index is -1.50. The second-order valence-corrected chi connectivity index (χ2v) is 6.38. The van der Waals surface area contributed by atoms with Crippen LogP contribution in [0.1, 0.15) is 31.4 Å². The fourth-order valence-electron chi connectivity index (χ4n) is 3.39. The summed E-state index contributed by atoms with van der Waals surface area (Å²) in [5.74, 6) is -3.21. The first-order valence-electron chi connectivity index (χ1n) is 8.18. The number of likely N-dealkylation sites (tertiary alicyclic amines) is 1. The second-order valence-electron chi connectivity index (χ2n) is 6.38. The molecular formula is C17H19F3N2O3. The van der Waals surface area contributed by atoms with Crippen molar-refractivity contribution in [3.63, 3.8) is 0 Å². The van der Waals surface area contributed by atoms with Crippen LogP contribution in [0.25, 0.3) is 0 Å². The fraction of sp³-hybridized carbons (Fsp3) is 0.529. The molecule has 0 aliphatic carbocycles. The standard InChI is InChI=1S/C17H19F3N2O3/c1-10(23)21-4-2-14(15(20)9-21)17(24)22-16(3-5-25-22)11-6-12(18)8-13(19)7-11/h6-8,14-16H,2-5,9H2,1H3/t14?,15-,16+/m1/s1. The second kappa shape index (κ2) is 7.03. The van der Waals surface area contributed by atoms with Crippen LogP contribution in [0.5, 0.6) is 0 Å². The molecule has 136 valence electrons. The van der Waals surface area contributed by atoms with Crippen molar-refractivity contribution in [2.24, 2.45) is 5.92 Å². The highest BCUT2D eigenvalue weighted by Crippen LogP contribution is 2.34. The maximum Gasteiger partial charge on any atom is 0.252 e. The Morgan fingerprint density at radius 3 is 2.44 bits per heavy atom. The van der Waals surface area contributed by atoms with Gasteiger partial charge in [-0.05, 0) is 24.1 Å². The van der Waals surface area contributed by atoms with Gasteiger partial charge in [-0.15, -0.1) is 0 Å². The summed E-state index contributed by atoms with van der Waals surface area (Å²) >= 11 is 0. The van der Waals surface area contributed by atoms with Crippen molar-refractivity contribution in [2.75, 3.05) is 19.7 Å². The summed E-state index contributed by atoms with van der Waals surface area (Å²) in [5.41, 5.74) is 0.278. The minimum Gasteiger partial charge on any atom is -0.340 e. The van der Waals surface area contributed by atoms with Gasteiger partial charge in [-0.2, -0.15) is 0 Å². The maximum absolute atomic E-state index is 14.4. The summed E-state index contributed by atoms with van der Waals surface area (Å²) in [6, 6.07) is 2.39. The normalized spacial score (nSPS) is 26.8. The first-order chi connectivity index (χ1) is 11.9. The lowest BCUT2D eigenvalue weighted by Crippen LogP contribution is -2.49. The number of piperidine rings is 1. The van der Waals surface area contributed by atoms with Gasteiger partial charge in [0.1, 0.15) is 17.8 Å². The Balaban J connectivity index is 1.76. The Hall–Kier alpha value is -2.09. The van der Waals surface area contributed by atoms with E-state index in [1.165, 1.54) is 11.8 Å². The zero-order valence-corrected chi connectivity index (χ0v) is 13.8. The van der Waals surface area contributed by atoms with E-state index in [9.17, 15) is 22.8 Å². The Morgan fingerprint density at radius 2 is 1.84 bits per heavy atom. The van der Waals surface area contributed by atoms with Gasteiger partial charge in [0.2, 0.25) is 5.91 Å². The van der Waals surface area contributed by atoms with Crippen LogP contribution in [-0.2, 0) is 14.4 Å². The molecule has 0 aromatic heterocycles. The van der Waals surface area contributed by atoms with Crippen molar-refractivity contribution in [1.82, 2.24) is 9.96 Å². The van der Waals surface area contributed by atoms with Crippen LogP contribution in [0, 0.1) is 17.6 Å². The summed E-state index contributed by atoms with van der Waals surface area (Å²) in [5, 5.41) is 1.04. The number of halogens is 3. The van der Waals surface area contributed by atoms with Crippen molar-refractivity contribution in [2.45, 2.75) is 32.0 Å². The molecule has 2 amide bonds. The highest BCUT2D eigenvalue weighted by molar-refractivity contribution is 5.80. The maximum atomic E-state index is 14.4. The van der Waals surface area contributed by atoms with E-state index in [-0.39, 0.29) is 31.0 Å². The molecule has 0 N–H and O–H groups in total. The van der Waals surface area contributed by atoms with Gasteiger partial charge in [-0.1, -0.05) is 0 Å². The van der Waals surface area contributed by atoms with E-state index in [2.05, 4.69) is 0 Å². The number of benzene rings is 1. The smallest absolute Gasteiger partial charge is 0.252 e. The van der Waals surface area contributed by atoms with Gasteiger partial charge in [0.15, 0.2) is 0 Å². The minimum absolute atomic E-state index is 0.140. The van der Waals surface area contributed by atoms with Gasteiger partial charge in [0.05, 0.1) is 25.1 Å². The summed E-state index contributed by atoms with van der Waals surface area (Å²) in [7, 11) is 0. The molecule has 1 unspecified atom stereocenters. The third kappa shape index (κ3) is 3.63. The molecule has 3 rings (SSSR count). The number of nitrogens with zero attached hydrogens (tertiary/aromatic N) is 2. The van der Waals surface area contributed by atoms with E-state index in [0.717, 1.165) is 23.3 Å². The molecule has 1 aromatic carbocycles. The lowest BCUT2D eigenvalue weighted by atomic mass is 9.93. The molecule has 5 nitrogen and oxygen atoms in total. The lowest BCUT2D eigenvalue weighted by molar-refractivity contribution is -0.186. The van der Waals surface area contributed by atoms with Gasteiger partial charge in [0, 0.05) is 26.0 Å². The number of rotatable bonds is 2. The van der Waals surface area contributed by atoms with Crippen molar-refractivity contribution in [3.05, 3.63) is 35.4 Å². The Labute approximate surface area is 143 Å². The Bertz CT molecular complexity index is 665. The third-order valence-electron chi connectivity index (χ3n) is 4.70. The molecule has 2 saturated heterocycles. The fourth-order valence-corrected chi connectivity index (χ4v) is 3.39. The SMILES string of the molecule is CC(=O)N1CCC(C(=O)N2OCC[C@H]2c2cc(F)cc(F)c2)[C@H](F)C1. The molecule has 0 saturated carbocycles. The summed E-state index contributed by atoms with van der Waals surface area (Å²) in [6.45, 7) is 1.71. The quantitative estimate of drug-likeness (QED) is 0.818. The number of hydrogen-bond donors (Lipinski definition) is 0. The van der Waals surface area contributed by atoms with Gasteiger partial charge < -0.3 is 4.90 Å². The van der Waals surface area contributed by atoms with E-state index in [0.29, 0.717) is 13.0 Å². The van der Waals surface area contributed by atoms with E-state index in [4.69, 9.17) is 4.84 Å². The highest BCUT2D eigenvalue weighted by Gasteiger charge is 2.42. The molecular weight excluding hydrogens is 337 g/mol. The summed E-state index contributed by atoms with van der Waals surface area (Å²) in [4.78, 5) is 30.7. The Morgan fingerprint density at radius 1 is 1.16 bits per heavy atom. The summed E-state index contributed by atoms with van der Waals surface area (Å²) < 4.78 is 41.3. The van der Waals surface area contributed by atoms with E-state index in [1.807, 2.05) is 0 Å². The highest BCUT2D eigenvalue weighted by atomic mass is 19.1. The summed E-state index contributed by atoms with van der Waals surface area (Å²) in [6.07, 6.45) is -0.944. The van der Waals surface area contributed by atoms with E-state index < -0.39 is 35.7 Å². The molecule has 0 spiro atoms. The first-order valence-corrected chi connectivity index (χ1v) is 8.18. The topological polar surface area (TPSA) is 49.9 Å². The van der Waals surface area contributed by atoms with Crippen LogP contribution in [0.4, 0.5) is 13.2 Å². The van der Waals surface area contributed by atoms with Crippen LogP contribution in [0.2, 0.25) is 0 Å². The van der Waals surface area contributed by atoms with Crippen molar-refractivity contribution >= 4 is 11.8 Å². The van der Waals surface area contributed by atoms with Crippen molar-refractivity contribution in [1.29, 1.82) is 0 Å². The van der Waals surface area contributed by atoms with Crippen LogP contribution < -0.4 is 0 Å². The van der Waals surface area contributed by atoms with Crippen LogP contribution in [-0.4, -0.2) is 47.6 Å². The van der Waals surface area contributed by atoms with Gasteiger partial charge in [0.25, 0.3) is 5.91 Å². The predicted molar refractivity (Wildman–Crippen MR) is 81.8 cm³/mol. The van der Waals surface area contributed by atoms with Gasteiger partial charge >= 0.3 is 0 Å². The largest absolute Gasteiger partial charge is 0.340 e. The van der Waals surface area contributed by atoms with Gasteiger partial charge in [-0.3, -0.25) is 14.4 Å². The molecule has 2 heterocycles.